The number of aliphatic hydroxyl groups is 1. The van der Waals surface area contributed by atoms with E-state index in [-0.39, 0.29) is 18.5 Å². The molecule has 2 aromatic rings. The fourth-order valence-electron chi connectivity index (χ4n) is 3.61. The van der Waals surface area contributed by atoms with Gasteiger partial charge in [-0.05, 0) is 49.7 Å². The van der Waals surface area contributed by atoms with E-state index in [9.17, 15) is 9.50 Å². The van der Waals surface area contributed by atoms with Gasteiger partial charge in [0, 0.05) is 24.8 Å². The van der Waals surface area contributed by atoms with Gasteiger partial charge in [0.25, 0.3) is 0 Å². The summed E-state index contributed by atoms with van der Waals surface area (Å²) in [7, 11) is 2.04. The highest BCUT2D eigenvalue weighted by Gasteiger charge is 2.27. The minimum absolute atomic E-state index is 0.00114. The molecule has 1 saturated heterocycles. The molecule has 0 unspecified atom stereocenters. The van der Waals surface area contributed by atoms with Crippen LogP contribution in [0.1, 0.15) is 24.4 Å². The number of likely N-dealkylation sites (N-methyl/N-ethyl adjacent to an activating group) is 1. The van der Waals surface area contributed by atoms with E-state index in [0.29, 0.717) is 6.04 Å². The Bertz CT molecular complexity index is 641. The Labute approximate surface area is 143 Å². The average Bonchev–Trinajstić information content (AvgIpc) is 2.63. The second-order valence-electron chi connectivity index (χ2n) is 6.47. The van der Waals surface area contributed by atoms with E-state index in [1.54, 1.807) is 6.07 Å². The Balaban J connectivity index is 1.64. The largest absolute Gasteiger partial charge is 0.394 e. The molecule has 2 aromatic carbocycles. The molecule has 0 saturated carbocycles. The fourth-order valence-corrected chi connectivity index (χ4v) is 3.61. The van der Waals surface area contributed by atoms with Crippen molar-refractivity contribution in [1.82, 2.24) is 4.90 Å². The maximum absolute atomic E-state index is 13.5. The number of para-hydroxylation sites is 1. The van der Waals surface area contributed by atoms with Crippen molar-refractivity contribution in [3.05, 3.63) is 66.0 Å². The van der Waals surface area contributed by atoms with Gasteiger partial charge in [0.1, 0.15) is 5.82 Å². The predicted octanol–water partition coefficient (Wildman–Crippen LogP) is 3.46. The number of piperidine rings is 1. The molecule has 4 heteroatoms. The van der Waals surface area contributed by atoms with Crippen LogP contribution in [-0.2, 0) is 0 Å². The molecule has 0 amide bonds. The zero-order chi connectivity index (χ0) is 16.9. The zero-order valence-electron chi connectivity index (χ0n) is 14.1. The minimum Gasteiger partial charge on any atom is -0.394 e. The molecule has 1 heterocycles. The lowest BCUT2D eigenvalue weighted by atomic mass is 9.98. The summed E-state index contributed by atoms with van der Waals surface area (Å²) >= 11 is 0. The van der Waals surface area contributed by atoms with Gasteiger partial charge < -0.3 is 10.0 Å². The highest BCUT2D eigenvalue weighted by atomic mass is 19.1. The number of anilines is 1. The highest BCUT2D eigenvalue weighted by molar-refractivity contribution is 5.46. The van der Waals surface area contributed by atoms with Crippen LogP contribution in [-0.4, -0.2) is 42.8 Å². The Morgan fingerprint density at radius 3 is 2.46 bits per heavy atom. The van der Waals surface area contributed by atoms with Crippen LogP contribution >= 0.6 is 0 Å². The third-order valence-corrected chi connectivity index (χ3v) is 5.06. The summed E-state index contributed by atoms with van der Waals surface area (Å²) < 4.78 is 13.5. The van der Waals surface area contributed by atoms with Crippen molar-refractivity contribution >= 4 is 5.69 Å². The van der Waals surface area contributed by atoms with E-state index in [1.165, 1.54) is 17.8 Å². The van der Waals surface area contributed by atoms with Crippen LogP contribution < -0.4 is 4.90 Å². The van der Waals surface area contributed by atoms with Crippen LogP contribution in [0.4, 0.5) is 10.1 Å². The van der Waals surface area contributed by atoms with Gasteiger partial charge in [-0.25, -0.2) is 4.39 Å². The van der Waals surface area contributed by atoms with E-state index in [4.69, 9.17) is 0 Å². The monoisotopic (exact) mass is 328 g/mol. The molecule has 0 aromatic heterocycles. The Morgan fingerprint density at radius 2 is 1.83 bits per heavy atom. The number of rotatable bonds is 5. The number of benzene rings is 2. The minimum atomic E-state index is -0.252. The first-order chi connectivity index (χ1) is 11.7. The molecule has 0 spiro atoms. The van der Waals surface area contributed by atoms with Crippen LogP contribution in [0.5, 0.6) is 0 Å². The molecule has 0 aliphatic carbocycles. The SMILES string of the molecule is CN(C1CCN(c2ccccc2)CC1)[C@@H](CO)c1cccc(F)c1. The van der Waals surface area contributed by atoms with Gasteiger partial charge in [0.05, 0.1) is 12.6 Å². The maximum Gasteiger partial charge on any atom is 0.123 e. The summed E-state index contributed by atoms with van der Waals surface area (Å²) in [5.74, 6) is -0.252. The van der Waals surface area contributed by atoms with Crippen LogP contribution in [0.2, 0.25) is 0 Å². The average molecular weight is 328 g/mol. The maximum atomic E-state index is 13.5. The summed E-state index contributed by atoms with van der Waals surface area (Å²) in [5.41, 5.74) is 2.10. The molecule has 1 fully saturated rings. The Morgan fingerprint density at radius 1 is 1.12 bits per heavy atom. The fraction of sp³-hybridized carbons (Fsp3) is 0.400. The molecule has 3 rings (SSSR count). The second-order valence-corrected chi connectivity index (χ2v) is 6.47. The van der Waals surface area contributed by atoms with Gasteiger partial charge in [-0.15, -0.1) is 0 Å². The van der Waals surface area contributed by atoms with Crippen molar-refractivity contribution in [2.75, 3.05) is 31.6 Å². The molecule has 3 nitrogen and oxygen atoms in total. The van der Waals surface area contributed by atoms with E-state index in [0.717, 1.165) is 31.5 Å². The van der Waals surface area contributed by atoms with E-state index < -0.39 is 0 Å². The van der Waals surface area contributed by atoms with E-state index in [2.05, 4.69) is 34.1 Å². The van der Waals surface area contributed by atoms with Gasteiger partial charge in [0.2, 0.25) is 0 Å². The number of hydrogen-bond acceptors (Lipinski definition) is 3. The molecular formula is C20H25FN2O. The first-order valence-corrected chi connectivity index (χ1v) is 8.57. The van der Waals surface area contributed by atoms with Crippen molar-refractivity contribution in [2.24, 2.45) is 0 Å². The predicted molar refractivity (Wildman–Crippen MR) is 95.7 cm³/mol. The Hall–Kier alpha value is -1.91. The standard InChI is InChI=1S/C20H25FN2O/c1-22(20(15-24)16-6-5-7-17(21)14-16)18-10-12-23(13-11-18)19-8-3-2-4-9-19/h2-9,14,18,20,24H,10-13,15H2,1H3/t20-/m0/s1. The number of hydrogen-bond donors (Lipinski definition) is 1. The number of halogens is 1. The summed E-state index contributed by atoms with van der Waals surface area (Å²) in [5, 5.41) is 9.83. The van der Waals surface area contributed by atoms with Crippen LogP contribution in [0, 0.1) is 5.82 Å². The quantitative estimate of drug-likeness (QED) is 0.910. The summed E-state index contributed by atoms with van der Waals surface area (Å²) in [6.07, 6.45) is 2.08. The molecule has 1 atom stereocenters. The van der Waals surface area contributed by atoms with Crippen molar-refractivity contribution < 1.29 is 9.50 Å². The van der Waals surface area contributed by atoms with Crippen molar-refractivity contribution in [1.29, 1.82) is 0 Å². The summed E-state index contributed by atoms with van der Waals surface area (Å²) in [4.78, 5) is 4.61. The van der Waals surface area contributed by atoms with Crippen molar-refractivity contribution in [3.8, 4) is 0 Å². The summed E-state index contributed by atoms with van der Waals surface area (Å²) in [6.45, 7) is 2.00. The molecular weight excluding hydrogens is 303 g/mol. The smallest absolute Gasteiger partial charge is 0.123 e. The third kappa shape index (κ3) is 3.77. The molecule has 1 aliphatic heterocycles. The lowest BCUT2D eigenvalue weighted by Crippen LogP contribution is -2.45. The summed E-state index contributed by atoms with van der Waals surface area (Å²) in [6, 6.07) is 17.3. The van der Waals surface area contributed by atoms with E-state index >= 15 is 0 Å². The zero-order valence-corrected chi connectivity index (χ0v) is 14.1. The topological polar surface area (TPSA) is 26.7 Å². The lowest BCUT2D eigenvalue weighted by molar-refractivity contribution is 0.0958. The van der Waals surface area contributed by atoms with Crippen LogP contribution in [0.3, 0.4) is 0 Å². The van der Waals surface area contributed by atoms with Gasteiger partial charge in [-0.2, -0.15) is 0 Å². The van der Waals surface area contributed by atoms with Gasteiger partial charge in [-0.3, -0.25) is 4.90 Å². The highest BCUT2D eigenvalue weighted by Crippen LogP contribution is 2.28. The second kappa shape index (κ2) is 7.77. The molecule has 24 heavy (non-hydrogen) atoms. The number of aliphatic hydroxyl groups excluding tert-OH is 1. The van der Waals surface area contributed by atoms with E-state index in [1.807, 2.05) is 19.2 Å². The lowest BCUT2D eigenvalue weighted by Gasteiger charge is -2.40. The van der Waals surface area contributed by atoms with Gasteiger partial charge in [0.15, 0.2) is 0 Å². The van der Waals surface area contributed by atoms with Gasteiger partial charge in [-0.1, -0.05) is 30.3 Å². The number of nitrogens with zero attached hydrogens (tertiary/aromatic N) is 2. The first kappa shape index (κ1) is 16.9. The van der Waals surface area contributed by atoms with Gasteiger partial charge >= 0.3 is 0 Å². The molecule has 1 N–H and O–H groups in total. The molecule has 0 bridgehead atoms. The third-order valence-electron chi connectivity index (χ3n) is 5.06. The molecule has 128 valence electrons. The van der Waals surface area contributed by atoms with Crippen LogP contribution in [0.15, 0.2) is 54.6 Å². The molecule has 0 radical (unpaired) electrons. The van der Waals surface area contributed by atoms with Crippen molar-refractivity contribution in [3.63, 3.8) is 0 Å². The Kier molecular flexibility index (Phi) is 5.48. The first-order valence-electron chi connectivity index (χ1n) is 8.57. The van der Waals surface area contributed by atoms with Crippen molar-refractivity contribution in [2.45, 2.75) is 24.9 Å². The molecule has 1 aliphatic rings. The van der Waals surface area contributed by atoms with Crippen LogP contribution in [0.25, 0.3) is 0 Å². The normalized spacial score (nSPS) is 17.2.